The van der Waals surface area contributed by atoms with E-state index >= 15 is 0 Å². The summed E-state index contributed by atoms with van der Waals surface area (Å²) >= 11 is 5.76. The van der Waals surface area contributed by atoms with Crippen molar-refractivity contribution in [1.82, 2.24) is 0 Å². The SMILES string of the molecule is COc1ccc(C)cc1C(=O)/C=C/c1ccc(Cl)c([N+](=O)[O-])c1. The predicted molar refractivity (Wildman–Crippen MR) is 89.2 cm³/mol. The number of halogens is 1. The molecule has 0 N–H and O–H groups in total. The van der Waals surface area contributed by atoms with Gasteiger partial charge in [-0.05, 0) is 36.8 Å². The van der Waals surface area contributed by atoms with E-state index in [1.54, 1.807) is 18.2 Å². The van der Waals surface area contributed by atoms with Gasteiger partial charge in [0.05, 0.1) is 17.6 Å². The van der Waals surface area contributed by atoms with Gasteiger partial charge in [0.15, 0.2) is 5.78 Å². The molecule has 6 heteroatoms. The lowest BCUT2D eigenvalue weighted by Gasteiger charge is -2.06. The maximum atomic E-state index is 12.3. The van der Waals surface area contributed by atoms with Gasteiger partial charge in [0.1, 0.15) is 10.8 Å². The molecule has 0 aliphatic rings. The first kappa shape index (κ1) is 16.7. The third kappa shape index (κ3) is 3.96. The van der Waals surface area contributed by atoms with Gasteiger partial charge in [-0.1, -0.05) is 35.4 Å². The quantitative estimate of drug-likeness (QED) is 0.351. The molecule has 0 atom stereocenters. The minimum Gasteiger partial charge on any atom is -0.496 e. The Bertz CT molecular complexity index is 799. The zero-order chi connectivity index (χ0) is 17.0. The monoisotopic (exact) mass is 331 g/mol. The highest BCUT2D eigenvalue weighted by atomic mass is 35.5. The van der Waals surface area contributed by atoms with Crippen LogP contribution in [0.15, 0.2) is 42.5 Å². The van der Waals surface area contributed by atoms with Gasteiger partial charge >= 0.3 is 0 Å². The molecule has 2 aromatic carbocycles. The molecule has 0 heterocycles. The van der Waals surface area contributed by atoms with E-state index in [0.29, 0.717) is 16.9 Å². The molecule has 23 heavy (non-hydrogen) atoms. The van der Waals surface area contributed by atoms with Crippen molar-refractivity contribution in [2.45, 2.75) is 6.92 Å². The molecule has 0 saturated carbocycles. The van der Waals surface area contributed by atoms with E-state index in [0.717, 1.165) is 5.56 Å². The summed E-state index contributed by atoms with van der Waals surface area (Å²) in [7, 11) is 1.49. The average molecular weight is 332 g/mol. The van der Waals surface area contributed by atoms with Crippen LogP contribution in [0.2, 0.25) is 5.02 Å². The van der Waals surface area contributed by atoms with E-state index in [1.807, 2.05) is 13.0 Å². The lowest BCUT2D eigenvalue weighted by atomic mass is 10.1. The number of rotatable bonds is 5. The van der Waals surface area contributed by atoms with Crippen LogP contribution in [0.5, 0.6) is 5.75 Å². The lowest BCUT2D eigenvalue weighted by molar-refractivity contribution is -0.384. The second-order valence-electron chi connectivity index (χ2n) is 4.87. The fourth-order valence-electron chi connectivity index (χ4n) is 2.05. The molecule has 0 fully saturated rings. The van der Waals surface area contributed by atoms with Gasteiger partial charge in [-0.15, -0.1) is 0 Å². The molecule has 0 aliphatic carbocycles. The fraction of sp³-hybridized carbons (Fsp3) is 0.118. The van der Waals surface area contributed by atoms with Crippen LogP contribution in [-0.4, -0.2) is 17.8 Å². The lowest BCUT2D eigenvalue weighted by Crippen LogP contribution is -1.99. The van der Waals surface area contributed by atoms with Crippen LogP contribution in [-0.2, 0) is 0 Å². The van der Waals surface area contributed by atoms with Crippen molar-refractivity contribution in [2.24, 2.45) is 0 Å². The highest BCUT2D eigenvalue weighted by molar-refractivity contribution is 6.32. The fourth-order valence-corrected chi connectivity index (χ4v) is 2.24. The third-order valence-corrected chi connectivity index (χ3v) is 3.53. The van der Waals surface area contributed by atoms with Gasteiger partial charge in [-0.2, -0.15) is 0 Å². The molecule has 0 spiro atoms. The first-order valence-corrected chi connectivity index (χ1v) is 7.11. The predicted octanol–water partition coefficient (Wildman–Crippen LogP) is 4.46. The summed E-state index contributed by atoms with van der Waals surface area (Å²) in [4.78, 5) is 22.6. The number of methoxy groups -OCH3 is 1. The highest BCUT2D eigenvalue weighted by Gasteiger charge is 2.13. The summed E-state index contributed by atoms with van der Waals surface area (Å²) < 4.78 is 5.18. The van der Waals surface area contributed by atoms with Gasteiger partial charge in [0.25, 0.3) is 5.69 Å². The van der Waals surface area contributed by atoms with Crippen LogP contribution in [0.25, 0.3) is 6.08 Å². The van der Waals surface area contributed by atoms with Crippen LogP contribution < -0.4 is 4.74 Å². The third-order valence-electron chi connectivity index (χ3n) is 3.21. The minimum absolute atomic E-state index is 0.0545. The minimum atomic E-state index is -0.564. The molecule has 0 saturated heterocycles. The smallest absolute Gasteiger partial charge is 0.288 e. The van der Waals surface area contributed by atoms with Gasteiger partial charge in [0, 0.05) is 6.07 Å². The summed E-state index contributed by atoms with van der Waals surface area (Å²) in [5, 5.41) is 10.9. The summed E-state index contributed by atoms with van der Waals surface area (Å²) in [6, 6.07) is 9.66. The molecule has 2 aromatic rings. The first-order valence-electron chi connectivity index (χ1n) is 6.73. The number of ketones is 1. The Morgan fingerprint density at radius 2 is 2.00 bits per heavy atom. The topological polar surface area (TPSA) is 69.4 Å². The molecule has 0 bridgehead atoms. The Kier molecular flexibility index (Phi) is 5.13. The zero-order valence-electron chi connectivity index (χ0n) is 12.6. The number of aryl methyl sites for hydroxylation is 1. The van der Waals surface area contributed by atoms with Crippen LogP contribution in [0.4, 0.5) is 5.69 Å². The molecule has 0 aromatic heterocycles. The number of nitrogens with zero attached hydrogens (tertiary/aromatic N) is 1. The number of nitro benzene ring substituents is 1. The molecule has 0 unspecified atom stereocenters. The molecule has 2 rings (SSSR count). The summed E-state index contributed by atoms with van der Waals surface area (Å²) in [5.41, 5.74) is 1.69. The van der Waals surface area contributed by atoms with Gasteiger partial charge in [-0.25, -0.2) is 0 Å². The molecule has 0 aliphatic heterocycles. The van der Waals surface area contributed by atoms with Gasteiger partial charge < -0.3 is 4.74 Å². The van der Waals surface area contributed by atoms with Crippen LogP contribution in [0.1, 0.15) is 21.5 Å². The van der Waals surface area contributed by atoms with E-state index in [1.165, 1.54) is 31.4 Å². The van der Waals surface area contributed by atoms with Crippen molar-refractivity contribution in [3.8, 4) is 5.75 Å². The van der Waals surface area contributed by atoms with Crippen molar-refractivity contribution >= 4 is 29.1 Å². The number of allylic oxidation sites excluding steroid dienone is 1. The second kappa shape index (κ2) is 7.07. The van der Waals surface area contributed by atoms with Crippen molar-refractivity contribution in [3.63, 3.8) is 0 Å². The van der Waals surface area contributed by atoms with Crippen LogP contribution in [0, 0.1) is 17.0 Å². The number of hydrogen-bond donors (Lipinski definition) is 0. The average Bonchev–Trinajstić information content (AvgIpc) is 2.53. The number of hydrogen-bond acceptors (Lipinski definition) is 4. The number of benzene rings is 2. The van der Waals surface area contributed by atoms with Crippen molar-refractivity contribution in [3.05, 3.63) is 74.3 Å². The molecular formula is C17H14ClNO4. The maximum Gasteiger partial charge on any atom is 0.288 e. The van der Waals surface area contributed by atoms with Crippen molar-refractivity contribution < 1.29 is 14.5 Å². The Morgan fingerprint density at radius 1 is 1.26 bits per heavy atom. The number of ether oxygens (including phenoxy) is 1. The second-order valence-corrected chi connectivity index (χ2v) is 5.28. The van der Waals surface area contributed by atoms with Crippen LogP contribution in [0.3, 0.4) is 0 Å². The van der Waals surface area contributed by atoms with E-state index in [-0.39, 0.29) is 16.5 Å². The largest absolute Gasteiger partial charge is 0.496 e. The van der Waals surface area contributed by atoms with Crippen molar-refractivity contribution in [2.75, 3.05) is 7.11 Å². The number of nitro groups is 1. The number of carbonyl (C=O) groups is 1. The normalized spacial score (nSPS) is 10.7. The molecule has 0 amide bonds. The molecular weight excluding hydrogens is 318 g/mol. The Balaban J connectivity index is 2.30. The molecule has 5 nitrogen and oxygen atoms in total. The Morgan fingerprint density at radius 3 is 2.65 bits per heavy atom. The highest BCUT2D eigenvalue weighted by Crippen LogP contribution is 2.26. The Labute approximate surface area is 138 Å². The van der Waals surface area contributed by atoms with Crippen LogP contribution >= 0.6 is 11.6 Å². The first-order chi connectivity index (χ1) is 10.9. The summed E-state index contributed by atoms with van der Waals surface area (Å²) in [6.45, 7) is 1.88. The molecule has 0 radical (unpaired) electrons. The van der Waals surface area contributed by atoms with E-state index in [2.05, 4.69) is 0 Å². The molecule has 118 valence electrons. The van der Waals surface area contributed by atoms with E-state index < -0.39 is 4.92 Å². The van der Waals surface area contributed by atoms with E-state index in [9.17, 15) is 14.9 Å². The Hall–Kier alpha value is -2.66. The zero-order valence-corrected chi connectivity index (χ0v) is 13.3. The summed E-state index contributed by atoms with van der Waals surface area (Å²) in [6.07, 6.45) is 2.86. The summed E-state index contributed by atoms with van der Waals surface area (Å²) in [5.74, 6) is 0.232. The standard InChI is InChI=1S/C17H14ClNO4/c1-11-3-8-17(23-2)13(9-11)16(20)7-5-12-4-6-14(18)15(10-12)19(21)22/h3-10H,1-2H3/b7-5+. The van der Waals surface area contributed by atoms with Crippen molar-refractivity contribution in [1.29, 1.82) is 0 Å². The maximum absolute atomic E-state index is 12.3. The van der Waals surface area contributed by atoms with Gasteiger partial charge in [-0.3, -0.25) is 14.9 Å². The number of carbonyl (C=O) groups excluding carboxylic acids is 1. The van der Waals surface area contributed by atoms with E-state index in [4.69, 9.17) is 16.3 Å². The van der Waals surface area contributed by atoms with Gasteiger partial charge in [0.2, 0.25) is 0 Å².